The van der Waals surface area contributed by atoms with E-state index in [4.69, 9.17) is 23.2 Å². The summed E-state index contributed by atoms with van der Waals surface area (Å²) in [4.78, 5) is 2.34. The van der Waals surface area contributed by atoms with Crippen LogP contribution in [-0.2, 0) is 0 Å². The van der Waals surface area contributed by atoms with Crippen LogP contribution in [0.25, 0.3) is 0 Å². The third kappa shape index (κ3) is 4.33. The van der Waals surface area contributed by atoms with Gasteiger partial charge in [0.15, 0.2) is 0 Å². The topological polar surface area (TPSA) is 0 Å². The van der Waals surface area contributed by atoms with E-state index in [1.807, 2.05) is 48.5 Å². The Bertz CT molecular complexity index is 402. The Labute approximate surface area is 133 Å². The Morgan fingerprint density at radius 1 is 0.688 bits per heavy atom. The van der Waals surface area contributed by atoms with Gasteiger partial charge in [0, 0.05) is 19.8 Å². The molecule has 0 aromatic heterocycles. The van der Waals surface area contributed by atoms with Crippen LogP contribution in [0.5, 0.6) is 0 Å². The maximum Gasteiger partial charge on any atom is 1.00 e. The molecule has 16 heavy (non-hydrogen) atoms. The summed E-state index contributed by atoms with van der Waals surface area (Å²) in [6, 6.07) is 15.6. The average molecular weight is 279 g/mol. The van der Waals surface area contributed by atoms with E-state index in [0.717, 1.165) is 10.0 Å². The van der Waals surface area contributed by atoms with Crippen molar-refractivity contribution in [3.05, 3.63) is 58.6 Å². The smallest absolute Gasteiger partial charge is 1.00 e. The molecule has 0 saturated heterocycles. The normalized spacial score (nSPS) is 9.62. The monoisotopic (exact) mass is 278 g/mol. The standard InChI is InChI=1S/C12H8Cl2S.Na.H/c13-9-1-5-11(6-2-9)15-12-7-3-10(14)4-8-12;;/h1-8H;;/q;+1;-1. The van der Waals surface area contributed by atoms with E-state index in [-0.39, 0.29) is 31.0 Å². The summed E-state index contributed by atoms with van der Waals surface area (Å²) in [5.41, 5.74) is 0. The van der Waals surface area contributed by atoms with Crippen LogP contribution in [-0.4, -0.2) is 0 Å². The maximum absolute atomic E-state index is 5.81. The largest absolute Gasteiger partial charge is 1.00 e. The van der Waals surface area contributed by atoms with E-state index >= 15 is 0 Å². The first kappa shape index (κ1) is 14.4. The molecule has 0 spiro atoms. The van der Waals surface area contributed by atoms with Crippen molar-refractivity contribution in [2.45, 2.75) is 9.79 Å². The van der Waals surface area contributed by atoms with Crippen molar-refractivity contribution in [2.75, 3.05) is 0 Å². The SMILES string of the molecule is Clc1ccc(Sc2ccc(Cl)cc2)cc1.[H-].[Na+]. The molecule has 0 radical (unpaired) electrons. The van der Waals surface area contributed by atoms with Gasteiger partial charge in [-0.2, -0.15) is 0 Å². The van der Waals surface area contributed by atoms with Gasteiger partial charge in [-0.15, -0.1) is 0 Å². The second kappa shape index (κ2) is 6.95. The molecule has 0 heterocycles. The van der Waals surface area contributed by atoms with E-state index in [2.05, 4.69) is 0 Å². The molecule has 78 valence electrons. The van der Waals surface area contributed by atoms with Gasteiger partial charge in [0.25, 0.3) is 0 Å². The molecule has 4 heteroatoms. The van der Waals surface area contributed by atoms with Crippen molar-refractivity contribution < 1.29 is 31.0 Å². The molecular weight excluding hydrogens is 270 g/mol. The van der Waals surface area contributed by atoms with E-state index < -0.39 is 0 Å². The van der Waals surface area contributed by atoms with Crippen LogP contribution in [0.2, 0.25) is 10.0 Å². The number of benzene rings is 2. The molecule has 0 aliphatic carbocycles. The molecule has 2 rings (SSSR count). The minimum absolute atomic E-state index is 0. The van der Waals surface area contributed by atoms with Crippen LogP contribution >= 0.6 is 35.0 Å². The van der Waals surface area contributed by atoms with Gasteiger partial charge in [0.05, 0.1) is 0 Å². The number of hydrogen-bond acceptors (Lipinski definition) is 1. The Balaban J connectivity index is 0.00000128. The summed E-state index contributed by atoms with van der Waals surface area (Å²) < 4.78 is 0. The van der Waals surface area contributed by atoms with Crippen molar-refractivity contribution in [2.24, 2.45) is 0 Å². The summed E-state index contributed by atoms with van der Waals surface area (Å²) in [5.74, 6) is 0. The molecule has 2 aromatic rings. The fourth-order valence-corrected chi connectivity index (χ4v) is 2.21. The molecule has 2 aromatic carbocycles. The van der Waals surface area contributed by atoms with Gasteiger partial charge in [-0.25, -0.2) is 0 Å². The van der Waals surface area contributed by atoms with E-state index in [0.29, 0.717) is 0 Å². The Kier molecular flexibility index (Phi) is 6.27. The first-order valence-corrected chi connectivity index (χ1v) is 6.00. The molecule has 0 fully saturated rings. The maximum atomic E-state index is 5.81. The van der Waals surface area contributed by atoms with Gasteiger partial charge in [0.1, 0.15) is 0 Å². The van der Waals surface area contributed by atoms with Crippen LogP contribution in [0.15, 0.2) is 58.3 Å². The third-order valence-corrected chi connectivity index (χ3v) is 3.38. The minimum atomic E-state index is 0. The molecule has 0 atom stereocenters. The molecule has 0 amide bonds. The quantitative estimate of drug-likeness (QED) is 0.760. The van der Waals surface area contributed by atoms with Gasteiger partial charge >= 0.3 is 29.6 Å². The van der Waals surface area contributed by atoms with Crippen LogP contribution in [0, 0.1) is 0 Å². The zero-order valence-corrected chi connectivity index (χ0v) is 13.1. The second-order valence-electron chi connectivity index (χ2n) is 3.01. The van der Waals surface area contributed by atoms with Gasteiger partial charge in [-0.05, 0) is 48.5 Å². The molecule has 0 N–H and O–H groups in total. The molecule has 0 unspecified atom stereocenters. The summed E-state index contributed by atoms with van der Waals surface area (Å²) >= 11 is 13.3. The van der Waals surface area contributed by atoms with Gasteiger partial charge in [0.2, 0.25) is 0 Å². The van der Waals surface area contributed by atoms with E-state index in [1.165, 1.54) is 9.79 Å². The predicted octanol–water partition coefficient (Wildman–Crippen LogP) is 2.26. The Morgan fingerprint density at radius 2 is 1.00 bits per heavy atom. The van der Waals surface area contributed by atoms with Gasteiger partial charge in [-0.1, -0.05) is 35.0 Å². The molecule has 0 bridgehead atoms. The average Bonchev–Trinajstić information content (AvgIpc) is 2.25. The van der Waals surface area contributed by atoms with Crippen LogP contribution in [0.4, 0.5) is 0 Å². The second-order valence-corrected chi connectivity index (χ2v) is 5.03. The fraction of sp³-hybridized carbons (Fsp3) is 0. The Morgan fingerprint density at radius 3 is 1.31 bits per heavy atom. The summed E-state index contributed by atoms with van der Waals surface area (Å²) in [6.07, 6.45) is 0. The first-order chi connectivity index (χ1) is 7.24. The first-order valence-electron chi connectivity index (χ1n) is 4.43. The number of rotatable bonds is 2. The third-order valence-electron chi connectivity index (χ3n) is 1.86. The number of hydrogen-bond donors (Lipinski definition) is 0. The van der Waals surface area contributed by atoms with Gasteiger partial charge < -0.3 is 1.43 Å². The zero-order chi connectivity index (χ0) is 10.7. The zero-order valence-electron chi connectivity index (χ0n) is 9.78. The molecule has 0 aliphatic rings. The van der Waals surface area contributed by atoms with E-state index in [9.17, 15) is 0 Å². The summed E-state index contributed by atoms with van der Waals surface area (Å²) in [5, 5.41) is 1.52. The summed E-state index contributed by atoms with van der Waals surface area (Å²) in [7, 11) is 0. The molecule has 0 saturated carbocycles. The van der Waals surface area contributed by atoms with Crippen molar-refractivity contribution in [3.63, 3.8) is 0 Å². The fourth-order valence-electron chi connectivity index (χ4n) is 1.14. The predicted molar refractivity (Wildman–Crippen MR) is 68.1 cm³/mol. The van der Waals surface area contributed by atoms with Crippen LogP contribution in [0.1, 0.15) is 1.43 Å². The molecular formula is C12H9Cl2NaS. The number of halogens is 2. The van der Waals surface area contributed by atoms with Crippen molar-refractivity contribution >= 4 is 35.0 Å². The van der Waals surface area contributed by atoms with Crippen molar-refractivity contribution in [1.82, 2.24) is 0 Å². The minimum Gasteiger partial charge on any atom is -1.00 e. The van der Waals surface area contributed by atoms with E-state index in [1.54, 1.807) is 11.8 Å². The van der Waals surface area contributed by atoms with Crippen LogP contribution < -0.4 is 29.6 Å². The van der Waals surface area contributed by atoms with Crippen LogP contribution in [0.3, 0.4) is 0 Å². The Hall–Kier alpha value is 0.370. The summed E-state index contributed by atoms with van der Waals surface area (Å²) in [6.45, 7) is 0. The van der Waals surface area contributed by atoms with Crippen molar-refractivity contribution in [1.29, 1.82) is 0 Å². The van der Waals surface area contributed by atoms with Crippen molar-refractivity contribution in [3.8, 4) is 0 Å². The molecule has 0 nitrogen and oxygen atoms in total. The molecule has 0 aliphatic heterocycles. The van der Waals surface area contributed by atoms with Gasteiger partial charge in [-0.3, -0.25) is 0 Å².